The summed E-state index contributed by atoms with van der Waals surface area (Å²) < 4.78 is 33.0. The Labute approximate surface area is 108 Å². The van der Waals surface area contributed by atoms with E-state index in [1.807, 2.05) is 0 Å². The number of carbonyl (C=O) groups excluding carboxylic acids is 1. The van der Waals surface area contributed by atoms with Crippen LogP contribution in [0.2, 0.25) is 5.02 Å². The van der Waals surface area contributed by atoms with E-state index in [4.69, 9.17) is 22.1 Å². The van der Waals surface area contributed by atoms with Gasteiger partial charge in [-0.3, -0.25) is 4.79 Å². The Morgan fingerprint density at radius 3 is 2.72 bits per heavy atom. The summed E-state index contributed by atoms with van der Waals surface area (Å²) in [5.74, 6) is -0.691. The Kier molecular flexibility index (Phi) is 5.15. The minimum absolute atomic E-state index is 0.0150. The average molecular weight is 280 g/mol. The van der Waals surface area contributed by atoms with Crippen molar-refractivity contribution in [1.82, 2.24) is 0 Å². The lowest BCUT2D eigenvalue weighted by Crippen LogP contribution is -2.10. The van der Waals surface area contributed by atoms with Crippen LogP contribution in [-0.4, -0.2) is 19.2 Å². The van der Waals surface area contributed by atoms with E-state index in [9.17, 15) is 13.6 Å². The molecule has 0 spiro atoms. The summed E-state index contributed by atoms with van der Waals surface area (Å²) in [5.41, 5.74) is 5.81. The molecule has 1 aromatic carbocycles. The van der Waals surface area contributed by atoms with Crippen molar-refractivity contribution in [3.8, 4) is 5.75 Å². The molecule has 0 saturated carbocycles. The molecule has 0 amide bonds. The molecule has 2 N–H and O–H groups in total. The Morgan fingerprint density at radius 2 is 2.17 bits per heavy atom. The van der Waals surface area contributed by atoms with Gasteiger partial charge in [-0.15, -0.1) is 0 Å². The zero-order valence-electron chi connectivity index (χ0n) is 9.58. The van der Waals surface area contributed by atoms with Crippen molar-refractivity contribution in [2.24, 2.45) is 0 Å². The van der Waals surface area contributed by atoms with Gasteiger partial charge in [0, 0.05) is 0 Å². The van der Waals surface area contributed by atoms with Gasteiger partial charge in [0.25, 0.3) is 0 Å². The molecule has 0 heterocycles. The van der Waals surface area contributed by atoms with Crippen molar-refractivity contribution in [2.75, 3.05) is 12.3 Å². The number of ether oxygens (including phenoxy) is 2. The van der Waals surface area contributed by atoms with Crippen molar-refractivity contribution >= 4 is 23.3 Å². The van der Waals surface area contributed by atoms with E-state index in [-0.39, 0.29) is 29.5 Å². The van der Waals surface area contributed by atoms with Crippen molar-refractivity contribution in [3.63, 3.8) is 0 Å². The highest BCUT2D eigenvalue weighted by Crippen LogP contribution is 2.33. The van der Waals surface area contributed by atoms with Crippen LogP contribution in [0.3, 0.4) is 0 Å². The van der Waals surface area contributed by atoms with E-state index < -0.39 is 12.6 Å². The highest BCUT2D eigenvalue weighted by Gasteiger charge is 2.15. The second-order valence-electron chi connectivity index (χ2n) is 3.31. The zero-order valence-corrected chi connectivity index (χ0v) is 10.3. The maximum absolute atomic E-state index is 12.0. The molecule has 0 aliphatic heterocycles. The predicted molar refractivity (Wildman–Crippen MR) is 62.8 cm³/mol. The summed E-state index contributed by atoms with van der Waals surface area (Å²) in [6.45, 7) is -1.06. The molecule has 0 bridgehead atoms. The highest BCUT2D eigenvalue weighted by atomic mass is 35.5. The van der Waals surface area contributed by atoms with Gasteiger partial charge < -0.3 is 15.2 Å². The van der Waals surface area contributed by atoms with Crippen LogP contribution in [0.4, 0.5) is 14.5 Å². The van der Waals surface area contributed by atoms with E-state index in [1.54, 1.807) is 6.92 Å². The van der Waals surface area contributed by atoms with E-state index in [2.05, 4.69) is 4.74 Å². The topological polar surface area (TPSA) is 61.5 Å². The molecule has 1 aromatic rings. The van der Waals surface area contributed by atoms with E-state index in [0.29, 0.717) is 5.56 Å². The standard InChI is InChI=1S/C11H12ClF2NO3/c1-2-17-8(16)5-6-3-4-7(18-11(13)14)10(15)9(6)12/h3-4,11H,2,5,15H2,1H3. The summed E-state index contributed by atoms with van der Waals surface area (Å²) in [6.07, 6.45) is -0.0775. The third kappa shape index (κ3) is 3.73. The van der Waals surface area contributed by atoms with Gasteiger partial charge in [0.1, 0.15) is 0 Å². The lowest BCUT2D eigenvalue weighted by Gasteiger charge is -2.11. The van der Waals surface area contributed by atoms with Gasteiger partial charge >= 0.3 is 12.6 Å². The van der Waals surface area contributed by atoms with Gasteiger partial charge in [0.15, 0.2) is 5.75 Å². The molecule has 0 saturated heterocycles. The number of alkyl halides is 2. The second-order valence-corrected chi connectivity index (χ2v) is 3.69. The summed E-state index contributed by atoms with van der Waals surface area (Å²) in [4.78, 5) is 11.3. The smallest absolute Gasteiger partial charge is 0.387 e. The molecular weight excluding hydrogens is 268 g/mol. The first kappa shape index (κ1) is 14.5. The number of carbonyl (C=O) groups is 1. The van der Waals surface area contributed by atoms with Crippen LogP contribution in [0.5, 0.6) is 5.75 Å². The Balaban J connectivity index is 2.90. The molecule has 4 nitrogen and oxygen atoms in total. The first-order valence-corrected chi connectivity index (χ1v) is 5.50. The molecule has 0 aliphatic rings. The highest BCUT2D eigenvalue weighted by molar-refractivity contribution is 6.34. The number of hydrogen-bond donors (Lipinski definition) is 1. The number of rotatable bonds is 5. The summed E-state index contributed by atoms with van der Waals surface area (Å²) in [5, 5.41) is 0.0150. The third-order valence-corrected chi connectivity index (χ3v) is 2.52. The molecular formula is C11H12ClF2NO3. The molecule has 0 aliphatic carbocycles. The van der Waals surface area contributed by atoms with Crippen LogP contribution >= 0.6 is 11.6 Å². The van der Waals surface area contributed by atoms with Crippen LogP contribution in [0.1, 0.15) is 12.5 Å². The van der Waals surface area contributed by atoms with Crippen molar-refractivity contribution in [3.05, 3.63) is 22.7 Å². The first-order chi connectivity index (χ1) is 8.45. The minimum atomic E-state index is -2.99. The number of anilines is 1. The van der Waals surface area contributed by atoms with E-state index in [1.165, 1.54) is 12.1 Å². The maximum Gasteiger partial charge on any atom is 0.387 e. The van der Waals surface area contributed by atoms with Crippen molar-refractivity contribution in [1.29, 1.82) is 0 Å². The molecule has 0 atom stereocenters. The predicted octanol–water partition coefficient (Wildman–Crippen LogP) is 2.63. The van der Waals surface area contributed by atoms with E-state index >= 15 is 0 Å². The SMILES string of the molecule is CCOC(=O)Cc1ccc(OC(F)F)c(N)c1Cl. The molecule has 18 heavy (non-hydrogen) atoms. The van der Waals surface area contributed by atoms with Gasteiger partial charge in [0.05, 0.1) is 23.7 Å². The third-order valence-electron chi connectivity index (χ3n) is 2.08. The van der Waals surface area contributed by atoms with Crippen LogP contribution in [0.25, 0.3) is 0 Å². The summed E-state index contributed by atoms with van der Waals surface area (Å²) >= 11 is 5.87. The number of nitrogens with two attached hydrogens (primary N) is 1. The quantitative estimate of drug-likeness (QED) is 0.665. The molecule has 0 unspecified atom stereocenters. The maximum atomic E-state index is 12.0. The van der Waals surface area contributed by atoms with Crippen molar-refractivity contribution in [2.45, 2.75) is 20.0 Å². The number of nitrogen functional groups attached to an aromatic ring is 1. The normalized spacial score (nSPS) is 10.5. The monoisotopic (exact) mass is 279 g/mol. The number of esters is 1. The number of benzene rings is 1. The largest absolute Gasteiger partial charge is 0.466 e. The van der Waals surface area contributed by atoms with Gasteiger partial charge in [-0.05, 0) is 18.6 Å². The Bertz CT molecular complexity index is 441. The van der Waals surface area contributed by atoms with Gasteiger partial charge in [-0.2, -0.15) is 8.78 Å². The van der Waals surface area contributed by atoms with E-state index in [0.717, 1.165) is 0 Å². The van der Waals surface area contributed by atoms with Crippen molar-refractivity contribution < 1.29 is 23.0 Å². The molecule has 0 fully saturated rings. The lowest BCUT2D eigenvalue weighted by atomic mass is 10.1. The zero-order chi connectivity index (χ0) is 13.7. The average Bonchev–Trinajstić information content (AvgIpc) is 2.29. The second kappa shape index (κ2) is 6.39. The molecule has 0 aromatic heterocycles. The Morgan fingerprint density at radius 1 is 1.50 bits per heavy atom. The van der Waals surface area contributed by atoms with Crippen LogP contribution in [0, 0.1) is 0 Å². The fraction of sp³-hybridized carbons (Fsp3) is 0.364. The van der Waals surface area contributed by atoms with Gasteiger partial charge in [0.2, 0.25) is 0 Å². The molecule has 100 valence electrons. The molecule has 1 rings (SSSR count). The van der Waals surface area contributed by atoms with Gasteiger partial charge in [-0.25, -0.2) is 0 Å². The van der Waals surface area contributed by atoms with Crippen LogP contribution in [-0.2, 0) is 16.0 Å². The molecule has 7 heteroatoms. The van der Waals surface area contributed by atoms with Crippen LogP contribution < -0.4 is 10.5 Å². The fourth-order valence-corrected chi connectivity index (χ4v) is 1.55. The minimum Gasteiger partial charge on any atom is -0.466 e. The summed E-state index contributed by atoms with van der Waals surface area (Å²) in [6, 6.07) is 2.63. The fourth-order valence-electron chi connectivity index (χ4n) is 1.32. The Hall–Kier alpha value is -1.56. The number of halogens is 3. The van der Waals surface area contributed by atoms with Crippen LogP contribution in [0.15, 0.2) is 12.1 Å². The molecule has 0 radical (unpaired) electrons. The number of hydrogen-bond acceptors (Lipinski definition) is 4. The summed E-state index contributed by atoms with van der Waals surface area (Å²) in [7, 11) is 0. The van der Waals surface area contributed by atoms with Gasteiger partial charge in [-0.1, -0.05) is 17.7 Å². The lowest BCUT2D eigenvalue weighted by molar-refractivity contribution is -0.142. The first-order valence-electron chi connectivity index (χ1n) is 5.13.